The number of carbonyl (C=O) groups excluding carboxylic acids is 1. The number of carbonyl (C=O) groups is 1. The van der Waals surface area contributed by atoms with Gasteiger partial charge in [0.15, 0.2) is 0 Å². The molecule has 0 amide bonds. The maximum absolute atomic E-state index is 11.5. The second-order valence-corrected chi connectivity index (χ2v) is 4.13. The van der Waals surface area contributed by atoms with Crippen molar-refractivity contribution in [2.24, 2.45) is 0 Å². The minimum absolute atomic E-state index is 0.0324. The van der Waals surface area contributed by atoms with Gasteiger partial charge in [0.2, 0.25) is 0 Å². The Morgan fingerprint density at radius 2 is 2.11 bits per heavy atom. The van der Waals surface area contributed by atoms with Crippen LogP contribution in [0.25, 0.3) is 0 Å². The van der Waals surface area contributed by atoms with Crippen molar-refractivity contribution in [1.29, 1.82) is 0 Å². The van der Waals surface area contributed by atoms with E-state index in [0.717, 1.165) is 11.3 Å². The molecule has 1 N–H and O–H groups in total. The van der Waals surface area contributed by atoms with Crippen molar-refractivity contribution >= 4 is 11.7 Å². The summed E-state index contributed by atoms with van der Waals surface area (Å²) < 4.78 is 10.0. The highest BCUT2D eigenvalue weighted by Crippen LogP contribution is 2.20. The van der Waals surface area contributed by atoms with E-state index < -0.39 is 0 Å². The minimum Gasteiger partial charge on any atom is -0.467 e. The van der Waals surface area contributed by atoms with Gasteiger partial charge in [-0.3, -0.25) is 0 Å². The van der Waals surface area contributed by atoms with Crippen LogP contribution in [0.5, 0.6) is 0 Å². The highest BCUT2D eigenvalue weighted by molar-refractivity contribution is 5.79. The molecule has 0 spiro atoms. The van der Waals surface area contributed by atoms with E-state index in [2.05, 4.69) is 5.32 Å². The number of anilines is 1. The third-order valence-electron chi connectivity index (χ3n) is 2.94. The summed E-state index contributed by atoms with van der Waals surface area (Å²) in [5.41, 5.74) is 1.97. The lowest BCUT2D eigenvalue weighted by atomic mass is 10.1. The van der Waals surface area contributed by atoms with Crippen molar-refractivity contribution in [2.75, 3.05) is 19.5 Å². The summed E-state index contributed by atoms with van der Waals surface area (Å²) in [7, 11) is 3.07. The molecule has 0 aromatic heterocycles. The molecule has 4 heteroatoms. The summed E-state index contributed by atoms with van der Waals surface area (Å²) in [5, 5.41) is 3.17. The number of benzene rings is 1. The molecule has 0 bridgehead atoms. The molecular formula is C14H21NO3. The average molecular weight is 251 g/mol. The number of rotatable bonds is 6. The first kappa shape index (κ1) is 14.5. The molecule has 2 atom stereocenters. The van der Waals surface area contributed by atoms with Gasteiger partial charge < -0.3 is 14.8 Å². The van der Waals surface area contributed by atoms with Crippen molar-refractivity contribution in [3.8, 4) is 0 Å². The van der Waals surface area contributed by atoms with Crippen LogP contribution >= 0.6 is 0 Å². The maximum Gasteiger partial charge on any atom is 0.328 e. The van der Waals surface area contributed by atoms with Gasteiger partial charge >= 0.3 is 5.97 Å². The average Bonchev–Trinajstić information content (AvgIpc) is 2.43. The van der Waals surface area contributed by atoms with Gasteiger partial charge in [-0.15, -0.1) is 0 Å². The monoisotopic (exact) mass is 251 g/mol. The van der Waals surface area contributed by atoms with E-state index in [4.69, 9.17) is 9.47 Å². The lowest BCUT2D eigenvalue weighted by Crippen LogP contribution is -2.29. The maximum atomic E-state index is 11.5. The third-order valence-corrected chi connectivity index (χ3v) is 2.94. The zero-order valence-corrected chi connectivity index (χ0v) is 11.4. The van der Waals surface area contributed by atoms with E-state index in [1.807, 2.05) is 38.1 Å². The minimum atomic E-state index is -0.317. The fourth-order valence-corrected chi connectivity index (χ4v) is 1.69. The molecule has 0 unspecified atom stereocenters. The zero-order chi connectivity index (χ0) is 13.5. The summed E-state index contributed by atoms with van der Waals surface area (Å²) in [6, 6.07) is 7.54. The summed E-state index contributed by atoms with van der Waals surface area (Å²) >= 11 is 0. The largest absolute Gasteiger partial charge is 0.467 e. The van der Waals surface area contributed by atoms with E-state index in [1.165, 1.54) is 7.11 Å². The molecular weight excluding hydrogens is 230 g/mol. The Labute approximate surface area is 108 Å². The topological polar surface area (TPSA) is 47.6 Å². The number of nitrogens with one attached hydrogen (secondary N) is 1. The number of methoxy groups -OCH3 is 2. The van der Waals surface area contributed by atoms with Crippen molar-refractivity contribution in [2.45, 2.75) is 32.4 Å². The van der Waals surface area contributed by atoms with Crippen LogP contribution in [0.4, 0.5) is 5.69 Å². The SMILES string of the molecule is CC[C@@H](Nc1cccc([C@H](C)OC)c1)C(=O)OC. The van der Waals surface area contributed by atoms with Gasteiger partial charge in [-0.05, 0) is 31.0 Å². The Morgan fingerprint density at radius 3 is 2.67 bits per heavy atom. The third kappa shape index (κ3) is 3.74. The Balaban J connectivity index is 2.80. The first-order chi connectivity index (χ1) is 8.62. The van der Waals surface area contributed by atoms with Gasteiger partial charge in [0, 0.05) is 12.8 Å². The molecule has 0 saturated carbocycles. The number of hydrogen-bond donors (Lipinski definition) is 1. The number of esters is 1. The Hall–Kier alpha value is -1.55. The van der Waals surface area contributed by atoms with Crippen LogP contribution in [0.2, 0.25) is 0 Å². The highest BCUT2D eigenvalue weighted by Gasteiger charge is 2.16. The van der Waals surface area contributed by atoms with Gasteiger partial charge in [-0.25, -0.2) is 4.79 Å². The molecule has 0 radical (unpaired) electrons. The Bertz CT molecular complexity index is 392. The summed E-state index contributed by atoms with van der Waals surface area (Å²) in [5.74, 6) is -0.248. The van der Waals surface area contributed by atoms with Crippen LogP contribution in [0.1, 0.15) is 31.9 Å². The molecule has 0 fully saturated rings. The van der Waals surface area contributed by atoms with E-state index >= 15 is 0 Å². The molecule has 1 rings (SSSR count). The van der Waals surface area contributed by atoms with Crippen LogP contribution in [0, 0.1) is 0 Å². The van der Waals surface area contributed by atoms with Gasteiger partial charge in [0.05, 0.1) is 13.2 Å². The molecule has 0 aliphatic carbocycles. The highest BCUT2D eigenvalue weighted by atomic mass is 16.5. The first-order valence-electron chi connectivity index (χ1n) is 6.09. The molecule has 18 heavy (non-hydrogen) atoms. The van der Waals surface area contributed by atoms with Crippen molar-refractivity contribution < 1.29 is 14.3 Å². The van der Waals surface area contributed by atoms with E-state index in [0.29, 0.717) is 6.42 Å². The van der Waals surface area contributed by atoms with Gasteiger partial charge in [0.25, 0.3) is 0 Å². The van der Waals surface area contributed by atoms with Crippen LogP contribution in [0.3, 0.4) is 0 Å². The first-order valence-corrected chi connectivity index (χ1v) is 6.09. The van der Waals surface area contributed by atoms with Gasteiger partial charge in [0.1, 0.15) is 6.04 Å². The smallest absolute Gasteiger partial charge is 0.328 e. The number of ether oxygens (including phenoxy) is 2. The molecule has 4 nitrogen and oxygen atoms in total. The van der Waals surface area contributed by atoms with Crippen molar-refractivity contribution in [3.63, 3.8) is 0 Å². The standard InChI is InChI=1S/C14H21NO3/c1-5-13(14(16)18-4)15-12-8-6-7-11(9-12)10(2)17-3/h6-10,13,15H,5H2,1-4H3/t10-,13+/m0/s1. The predicted octanol–water partition coefficient (Wildman–Crippen LogP) is 2.76. The Kier molecular flexibility index (Phi) is 5.65. The molecule has 1 aromatic rings. The summed E-state index contributed by atoms with van der Waals surface area (Å²) in [6.07, 6.45) is 0.710. The number of hydrogen-bond acceptors (Lipinski definition) is 4. The van der Waals surface area contributed by atoms with Crippen molar-refractivity contribution in [3.05, 3.63) is 29.8 Å². The fraction of sp³-hybridized carbons (Fsp3) is 0.500. The van der Waals surface area contributed by atoms with E-state index in [9.17, 15) is 4.79 Å². The lowest BCUT2D eigenvalue weighted by molar-refractivity contribution is -0.141. The molecule has 100 valence electrons. The van der Waals surface area contributed by atoms with Gasteiger partial charge in [-0.2, -0.15) is 0 Å². The van der Waals surface area contributed by atoms with Crippen LogP contribution in [0.15, 0.2) is 24.3 Å². The summed E-state index contributed by atoms with van der Waals surface area (Å²) in [6.45, 7) is 3.92. The molecule has 0 saturated heterocycles. The second kappa shape index (κ2) is 7.01. The van der Waals surface area contributed by atoms with Crippen molar-refractivity contribution in [1.82, 2.24) is 0 Å². The molecule has 0 aliphatic heterocycles. The van der Waals surface area contributed by atoms with Crippen LogP contribution in [-0.2, 0) is 14.3 Å². The fourth-order valence-electron chi connectivity index (χ4n) is 1.69. The van der Waals surface area contributed by atoms with E-state index in [-0.39, 0.29) is 18.1 Å². The van der Waals surface area contributed by atoms with Crippen LogP contribution in [-0.4, -0.2) is 26.2 Å². The quantitative estimate of drug-likeness (QED) is 0.790. The molecule has 0 aliphatic rings. The van der Waals surface area contributed by atoms with Crippen LogP contribution < -0.4 is 5.32 Å². The van der Waals surface area contributed by atoms with Gasteiger partial charge in [-0.1, -0.05) is 19.1 Å². The normalized spacial score (nSPS) is 13.8. The lowest BCUT2D eigenvalue weighted by Gasteiger charge is -2.17. The zero-order valence-electron chi connectivity index (χ0n) is 11.4. The molecule has 0 heterocycles. The predicted molar refractivity (Wildman–Crippen MR) is 71.6 cm³/mol. The Morgan fingerprint density at radius 1 is 1.39 bits per heavy atom. The second-order valence-electron chi connectivity index (χ2n) is 4.13. The summed E-state index contributed by atoms with van der Waals surface area (Å²) in [4.78, 5) is 11.5. The molecule has 1 aromatic carbocycles. The van der Waals surface area contributed by atoms with E-state index in [1.54, 1.807) is 7.11 Å².